The second-order valence-electron chi connectivity index (χ2n) is 7.18. The molecule has 1 saturated heterocycles. The largest absolute Gasteiger partial charge is 0.323 e. The SMILES string of the molecule is CC1CCCC([NH+]2CC[NH+](Cc3cccc(Cl)c3)CC2)C1. The fourth-order valence-electron chi connectivity index (χ4n) is 4.25. The minimum absolute atomic E-state index is 0.868. The number of hydrogen-bond donors (Lipinski definition) is 2. The smallest absolute Gasteiger partial charge is 0.127 e. The lowest BCUT2D eigenvalue weighted by molar-refractivity contribution is -1.03. The molecule has 2 fully saturated rings. The molecule has 0 bridgehead atoms. The Balaban J connectivity index is 1.48. The summed E-state index contributed by atoms with van der Waals surface area (Å²) in [5, 5.41) is 0.868. The Kier molecular flexibility index (Phi) is 5.20. The summed E-state index contributed by atoms with van der Waals surface area (Å²) >= 11 is 6.09. The van der Waals surface area contributed by atoms with E-state index in [2.05, 4.69) is 25.1 Å². The van der Waals surface area contributed by atoms with Gasteiger partial charge in [-0.1, -0.05) is 37.1 Å². The first kappa shape index (κ1) is 15.3. The fraction of sp³-hybridized carbons (Fsp3) is 0.667. The van der Waals surface area contributed by atoms with Crippen LogP contribution in [0.2, 0.25) is 5.02 Å². The first-order valence-electron chi connectivity index (χ1n) is 8.63. The highest BCUT2D eigenvalue weighted by Gasteiger charge is 2.32. The molecule has 1 aliphatic heterocycles. The van der Waals surface area contributed by atoms with Crippen molar-refractivity contribution in [3.05, 3.63) is 34.9 Å². The van der Waals surface area contributed by atoms with Crippen LogP contribution >= 0.6 is 11.6 Å². The van der Waals surface area contributed by atoms with Crippen LogP contribution in [0.3, 0.4) is 0 Å². The predicted octanol–water partition coefficient (Wildman–Crippen LogP) is 1.20. The molecule has 0 spiro atoms. The molecule has 1 aliphatic carbocycles. The number of halogens is 1. The van der Waals surface area contributed by atoms with E-state index in [-0.39, 0.29) is 0 Å². The molecule has 3 rings (SSSR count). The van der Waals surface area contributed by atoms with E-state index in [4.69, 9.17) is 11.6 Å². The van der Waals surface area contributed by atoms with Crippen molar-refractivity contribution in [3.63, 3.8) is 0 Å². The molecule has 1 aromatic carbocycles. The van der Waals surface area contributed by atoms with Crippen LogP contribution in [0.5, 0.6) is 0 Å². The highest BCUT2D eigenvalue weighted by atomic mass is 35.5. The van der Waals surface area contributed by atoms with Gasteiger partial charge in [0, 0.05) is 17.0 Å². The number of benzene rings is 1. The topological polar surface area (TPSA) is 8.88 Å². The molecule has 2 unspecified atom stereocenters. The van der Waals surface area contributed by atoms with Crippen LogP contribution < -0.4 is 9.80 Å². The second-order valence-corrected chi connectivity index (χ2v) is 7.62. The summed E-state index contributed by atoms with van der Waals surface area (Å²) in [6.07, 6.45) is 5.83. The predicted molar refractivity (Wildman–Crippen MR) is 88.0 cm³/mol. The molecule has 0 aromatic heterocycles. The standard InChI is InChI=1S/C18H27ClN2/c1-15-4-2-7-18(12-15)21-10-8-20(9-11-21)14-16-5-3-6-17(19)13-16/h3,5-6,13,15,18H,2,4,7-12,14H2,1H3/p+2. The minimum Gasteiger partial charge on any atom is -0.323 e. The Hall–Kier alpha value is -0.570. The Morgan fingerprint density at radius 1 is 1.14 bits per heavy atom. The van der Waals surface area contributed by atoms with Crippen molar-refractivity contribution in [1.29, 1.82) is 0 Å². The van der Waals surface area contributed by atoms with Crippen molar-refractivity contribution in [2.75, 3.05) is 26.2 Å². The molecule has 0 amide bonds. The van der Waals surface area contributed by atoms with Crippen LogP contribution in [0.15, 0.2) is 24.3 Å². The van der Waals surface area contributed by atoms with E-state index in [1.807, 2.05) is 11.0 Å². The van der Waals surface area contributed by atoms with Gasteiger partial charge < -0.3 is 9.80 Å². The van der Waals surface area contributed by atoms with Gasteiger partial charge in [0.05, 0.1) is 6.04 Å². The monoisotopic (exact) mass is 308 g/mol. The zero-order chi connectivity index (χ0) is 14.7. The van der Waals surface area contributed by atoms with Gasteiger partial charge in [-0.25, -0.2) is 0 Å². The second kappa shape index (κ2) is 7.13. The summed E-state index contributed by atoms with van der Waals surface area (Å²) in [5.74, 6) is 0.952. The average Bonchev–Trinajstić information content (AvgIpc) is 2.48. The first-order chi connectivity index (χ1) is 10.2. The lowest BCUT2D eigenvalue weighted by Crippen LogP contribution is -3.29. The first-order valence-corrected chi connectivity index (χ1v) is 9.01. The molecule has 21 heavy (non-hydrogen) atoms. The molecule has 1 heterocycles. The molecular formula is C18H29ClN2+2. The minimum atomic E-state index is 0.868. The van der Waals surface area contributed by atoms with E-state index in [0.717, 1.165) is 23.5 Å². The molecule has 1 aromatic rings. The van der Waals surface area contributed by atoms with Crippen LogP contribution in [0.25, 0.3) is 0 Å². The third-order valence-electron chi connectivity index (χ3n) is 5.46. The highest BCUT2D eigenvalue weighted by Crippen LogP contribution is 2.21. The lowest BCUT2D eigenvalue weighted by atomic mass is 9.86. The van der Waals surface area contributed by atoms with Crippen molar-refractivity contribution < 1.29 is 9.80 Å². The van der Waals surface area contributed by atoms with Crippen molar-refractivity contribution in [1.82, 2.24) is 0 Å². The van der Waals surface area contributed by atoms with E-state index < -0.39 is 0 Å². The highest BCUT2D eigenvalue weighted by molar-refractivity contribution is 6.30. The van der Waals surface area contributed by atoms with Crippen molar-refractivity contribution in [2.45, 2.75) is 45.2 Å². The molecule has 2 N–H and O–H groups in total. The summed E-state index contributed by atoms with van der Waals surface area (Å²) in [5.41, 5.74) is 1.38. The summed E-state index contributed by atoms with van der Waals surface area (Å²) in [7, 11) is 0. The Morgan fingerprint density at radius 2 is 1.95 bits per heavy atom. The maximum atomic E-state index is 6.09. The molecule has 2 nitrogen and oxygen atoms in total. The van der Waals surface area contributed by atoms with E-state index >= 15 is 0 Å². The van der Waals surface area contributed by atoms with Gasteiger partial charge in [-0.15, -0.1) is 0 Å². The Bertz CT molecular complexity index is 454. The van der Waals surface area contributed by atoms with Crippen molar-refractivity contribution >= 4 is 11.6 Å². The van der Waals surface area contributed by atoms with Crippen LogP contribution in [-0.4, -0.2) is 32.2 Å². The van der Waals surface area contributed by atoms with Crippen molar-refractivity contribution in [2.24, 2.45) is 5.92 Å². The van der Waals surface area contributed by atoms with Gasteiger partial charge in [-0.2, -0.15) is 0 Å². The summed E-state index contributed by atoms with van der Waals surface area (Å²) in [4.78, 5) is 3.61. The van der Waals surface area contributed by atoms with E-state index in [9.17, 15) is 0 Å². The van der Waals surface area contributed by atoms with Gasteiger partial charge in [-0.05, 0) is 30.9 Å². The van der Waals surface area contributed by atoms with Gasteiger partial charge in [0.2, 0.25) is 0 Å². The van der Waals surface area contributed by atoms with Gasteiger partial charge in [-0.3, -0.25) is 0 Å². The summed E-state index contributed by atoms with van der Waals surface area (Å²) in [6.45, 7) is 8.90. The number of nitrogens with one attached hydrogen (secondary N) is 2. The number of piperazine rings is 1. The molecule has 116 valence electrons. The summed E-state index contributed by atoms with van der Waals surface area (Å²) < 4.78 is 0. The molecule has 2 aliphatic rings. The molecule has 0 radical (unpaired) electrons. The van der Waals surface area contributed by atoms with Crippen LogP contribution in [0.1, 0.15) is 38.2 Å². The normalized spacial score (nSPS) is 33.8. The third kappa shape index (κ3) is 4.21. The average molecular weight is 309 g/mol. The van der Waals surface area contributed by atoms with Gasteiger partial charge in [0.25, 0.3) is 0 Å². The number of quaternary nitrogens is 2. The van der Waals surface area contributed by atoms with E-state index in [0.29, 0.717) is 0 Å². The van der Waals surface area contributed by atoms with Gasteiger partial charge in [0.15, 0.2) is 0 Å². The quantitative estimate of drug-likeness (QED) is 0.830. The Labute approximate surface area is 134 Å². The molecule has 2 atom stereocenters. The van der Waals surface area contributed by atoms with Crippen LogP contribution in [0.4, 0.5) is 0 Å². The third-order valence-corrected chi connectivity index (χ3v) is 5.69. The molecule has 3 heteroatoms. The molecule has 1 saturated carbocycles. The van der Waals surface area contributed by atoms with Crippen LogP contribution in [-0.2, 0) is 6.54 Å². The Morgan fingerprint density at radius 3 is 2.67 bits per heavy atom. The maximum Gasteiger partial charge on any atom is 0.127 e. The van der Waals surface area contributed by atoms with Crippen molar-refractivity contribution in [3.8, 4) is 0 Å². The molecular weight excluding hydrogens is 280 g/mol. The zero-order valence-electron chi connectivity index (χ0n) is 13.2. The number of rotatable bonds is 3. The van der Waals surface area contributed by atoms with E-state index in [1.165, 1.54) is 57.4 Å². The van der Waals surface area contributed by atoms with Gasteiger partial charge >= 0.3 is 0 Å². The number of hydrogen-bond acceptors (Lipinski definition) is 0. The maximum absolute atomic E-state index is 6.09. The van der Waals surface area contributed by atoms with Gasteiger partial charge in [0.1, 0.15) is 32.7 Å². The van der Waals surface area contributed by atoms with Crippen LogP contribution in [0, 0.1) is 5.92 Å². The lowest BCUT2D eigenvalue weighted by Gasteiger charge is -2.37. The fourth-order valence-corrected chi connectivity index (χ4v) is 4.46. The zero-order valence-corrected chi connectivity index (χ0v) is 14.0. The summed E-state index contributed by atoms with van der Waals surface area (Å²) in [6, 6.07) is 9.31. The van der Waals surface area contributed by atoms with E-state index in [1.54, 1.807) is 4.90 Å².